The van der Waals surface area contributed by atoms with Crippen molar-refractivity contribution in [2.75, 3.05) is 0 Å². The van der Waals surface area contributed by atoms with Gasteiger partial charge in [-0.2, -0.15) is 13.2 Å². The van der Waals surface area contributed by atoms with Crippen molar-refractivity contribution < 1.29 is 22.3 Å². The molecule has 1 aromatic heterocycles. The Hall–Kier alpha value is -1.01. The second kappa shape index (κ2) is 5.96. The van der Waals surface area contributed by atoms with Gasteiger partial charge < -0.3 is 14.5 Å². The van der Waals surface area contributed by atoms with Gasteiger partial charge in [0.05, 0.1) is 6.54 Å². The lowest BCUT2D eigenvalue weighted by Crippen LogP contribution is -2.34. The molecule has 1 rings (SSSR count). The average Bonchev–Trinajstić information content (AvgIpc) is 2.68. The SMILES string of the molecule is CC(OCc1ccc(CNC(C)(C)C)o1)C(F)(F)F. The van der Waals surface area contributed by atoms with Crippen molar-refractivity contribution >= 4 is 0 Å². The van der Waals surface area contributed by atoms with Gasteiger partial charge in [-0.15, -0.1) is 0 Å². The normalized spacial score (nSPS) is 14.7. The number of hydrogen-bond acceptors (Lipinski definition) is 3. The number of hydrogen-bond donors (Lipinski definition) is 1. The van der Waals surface area contributed by atoms with Crippen LogP contribution in [0.2, 0.25) is 0 Å². The van der Waals surface area contributed by atoms with E-state index < -0.39 is 12.3 Å². The molecule has 0 radical (unpaired) electrons. The molecule has 1 N–H and O–H groups in total. The fourth-order valence-electron chi connectivity index (χ4n) is 1.25. The zero-order chi connectivity index (χ0) is 14.7. The number of ether oxygens (including phenoxy) is 1. The molecule has 0 aromatic carbocycles. The molecule has 0 aliphatic rings. The molecule has 1 unspecified atom stereocenters. The maximum absolute atomic E-state index is 12.2. The summed E-state index contributed by atoms with van der Waals surface area (Å²) in [6.07, 6.45) is -6.14. The Morgan fingerprint density at radius 3 is 2.32 bits per heavy atom. The molecule has 0 aliphatic heterocycles. The van der Waals surface area contributed by atoms with Gasteiger partial charge in [-0.25, -0.2) is 0 Å². The summed E-state index contributed by atoms with van der Waals surface area (Å²) in [5, 5.41) is 3.23. The number of halogens is 3. The molecule has 110 valence electrons. The smallest absolute Gasteiger partial charge is 0.414 e. The van der Waals surface area contributed by atoms with Crippen molar-refractivity contribution in [3.63, 3.8) is 0 Å². The number of rotatable bonds is 5. The summed E-state index contributed by atoms with van der Waals surface area (Å²) in [5.41, 5.74) is -0.0474. The Kier molecular flexibility index (Phi) is 5.04. The molecule has 0 amide bonds. The quantitative estimate of drug-likeness (QED) is 0.893. The maximum Gasteiger partial charge on any atom is 0.414 e. The van der Waals surface area contributed by atoms with Crippen LogP contribution in [0.4, 0.5) is 13.2 Å². The van der Waals surface area contributed by atoms with Gasteiger partial charge in [-0.3, -0.25) is 0 Å². The van der Waals surface area contributed by atoms with E-state index in [1.54, 1.807) is 12.1 Å². The van der Waals surface area contributed by atoms with Gasteiger partial charge in [0.25, 0.3) is 0 Å². The van der Waals surface area contributed by atoms with Crippen LogP contribution in [-0.2, 0) is 17.9 Å². The van der Waals surface area contributed by atoms with E-state index in [2.05, 4.69) is 5.32 Å². The van der Waals surface area contributed by atoms with Crippen LogP contribution in [0.3, 0.4) is 0 Å². The summed E-state index contributed by atoms with van der Waals surface area (Å²) < 4.78 is 46.8. The Labute approximate surface area is 111 Å². The van der Waals surface area contributed by atoms with Crippen molar-refractivity contribution in [1.82, 2.24) is 5.32 Å². The van der Waals surface area contributed by atoms with E-state index in [-0.39, 0.29) is 12.1 Å². The summed E-state index contributed by atoms with van der Waals surface area (Å²) in [7, 11) is 0. The molecule has 19 heavy (non-hydrogen) atoms. The fourth-order valence-corrected chi connectivity index (χ4v) is 1.25. The van der Waals surface area contributed by atoms with Crippen molar-refractivity contribution in [2.24, 2.45) is 0 Å². The highest BCUT2D eigenvalue weighted by Gasteiger charge is 2.37. The van der Waals surface area contributed by atoms with E-state index in [0.29, 0.717) is 18.1 Å². The molecule has 0 bridgehead atoms. The first-order valence-electron chi connectivity index (χ1n) is 6.09. The molecule has 1 heterocycles. The van der Waals surface area contributed by atoms with Crippen molar-refractivity contribution in [3.8, 4) is 0 Å². The van der Waals surface area contributed by atoms with Gasteiger partial charge in [0.1, 0.15) is 18.1 Å². The topological polar surface area (TPSA) is 34.4 Å². The van der Waals surface area contributed by atoms with Gasteiger partial charge >= 0.3 is 6.18 Å². The van der Waals surface area contributed by atoms with Crippen LogP contribution in [0.1, 0.15) is 39.2 Å². The van der Waals surface area contributed by atoms with Crippen molar-refractivity contribution in [2.45, 2.75) is 58.7 Å². The largest absolute Gasteiger partial charge is 0.462 e. The minimum atomic E-state index is -4.34. The van der Waals surface area contributed by atoms with Gasteiger partial charge in [0.15, 0.2) is 6.10 Å². The van der Waals surface area contributed by atoms with Crippen LogP contribution in [-0.4, -0.2) is 17.8 Å². The second-order valence-electron chi connectivity index (χ2n) is 5.47. The third-order valence-electron chi connectivity index (χ3n) is 2.45. The van der Waals surface area contributed by atoms with Crippen LogP contribution < -0.4 is 5.32 Å². The molecule has 1 aromatic rings. The second-order valence-corrected chi connectivity index (χ2v) is 5.47. The number of furan rings is 1. The van der Waals surface area contributed by atoms with Gasteiger partial charge in [0.2, 0.25) is 0 Å². The minimum Gasteiger partial charge on any atom is -0.462 e. The third kappa shape index (κ3) is 6.11. The molecule has 0 saturated carbocycles. The van der Waals surface area contributed by atoms with E-state index in [9.17, 15) is 13.2 Å². The molecule has 1 atom stereocenters. The van der Waals surface area contributed by atoms with E-state index in [4.69, 9.17) is 9.15 Å². The first kappa shape index (κ1) is 16.0. The summed E-state index contributed by atoms with van der Waals surface area (Å²) in [6.45, 7) is 7.38. The van der Waals surface area contributed by atoms with Gasteiger partial charge in [-0.05, 0) is 39.8 Å². The highest BCUT2D eigenvalue weighted by atomic mass is 19.4. The predicted octanol–water partition coefficient (Wildman–Crippen LogP) is 3.64. The maximum atomic E-state index is 12.2. The Morgan fingerprint density at radius 2 is 1.79 bits per heavy atom. The summed E-state index contributed by atoms with van der Waals surface area (Å²) in [6, 6.07) is 3.36. The fraction of sp³-hybridized carbons (Fsp3) is 0.692. The minimum absolute atomic E-state index is 0.0474. The third-order valence-corrected chi connectivity index (χ3v) is 2.45. The van der Waals surface area contributed by atoms with E-state index in [0.717, 1.165) is 6.92 Å². The summed E-state index contributed by atoms with van der Waals surface area (Å²) in [5.74, 6) is 1.06. The average molecular weight is 279 g/mol. The highest BCUT2D eigenvalue weighted by Crippen LogP contribution is 2.23. The van der Waals surface area contributed by atoms with Gasteiger partial charge in [0, 0.05) is 5.54 Å². The summed E-state index contributed by atoms with van der Waals surface area (Å²) in [4.78, 5) is 0. The molecule has 0 fully saturated rings. The molecule has 0 spiro atoms. The molecular formula is C13H20F3NO2. The zero-order valence-electron chi connectivity index (χ0n) is 11.6. The van der Waals surface area contributed by atoms with Crippen LogP contribution in [0, 0.1) is 0 Å². The van der Waals surface area contributed by atoms with Gasteiger partial charge in [-0.1, -0.05) is 0 Å². The first-order valence-corrected chi connectivity index (χ1v) is 6.09. The van der Waals surface area contributed by atoms with Crippen LogP contribution in [0.5, 0.6) is 0 Å². The Morgan fingerprint density at radius 1 is 1.21 bits per heavy atom. The van der Waals surface area contributed by atoms with Crippen molar-refractivity contribution in [3.05, 3.63) is 23.7 Å². The molecule has 6 heteroatoms. The Balaban J connectivity index is 2.43. The van der Waals surface area contributed by atoms with Crippen LogP contribution in [0.15, 0.2) is 16.5 Å². The lowest BCUT2D eigenvalue weighted by molar-refractivity contribution is -0.218. The standard InChI is InChI=1S/C13H20F3NO2/c1-9(13(14,15)16)18-8-11-6-5-10(19-11)7-17-12(2,3)4/h5-6,9,17H,7-8H2,1-4H3. The van der Waals surface area contributed by atoms with E-state index >= 15 is 0 Å². The molecule has 0 saturated heterocycles. The van der Waals surface area contributed by atoms with Crippen LogP contribution in [0.25, 0.3) is 0 Å². The first-order chi connectivity index (χ1) is 8.58. The Bertz CT molecular complexity index is 393. The van der Waals surface area contributed by atoms with Crippen molar-refractivity contribution in [1.29, 1.82) is 0 Å². The highest BCUT2D eigenvalue weighted by molar-refractivity contribution is 5.06. The van der Waals surface area contributed by atoms with E-state index in [1.165, 1.54) is 0 Å². The predicted molar refractivity (Wildman–Crippen MR) is 65.6 cm³/mol. The molecule has 3 nitrogen and oxygen atoms in total. The zero-order valence-corrected chi connectivity index (χ0v) is 11.6. The number of alkyl halides is 3. The number of nitrogens with one attached hydrogen (secondary N) is 1. The van der Waals surface area contributed by atoms with Crippen LogP contribution >= 0.6 is 0 Å². The summed E-state index contributed by atoms with van der Waals surface area (Å²) >= 11 is 0. The lowest BCUT2D eigenvalue weighted by atomic mass is 10.1. The monoisotopic (exact) mass is 279 g/mol. The molecular weight excluding hydrogens is 259 g/mol. The van der Waals surface area contributed by atoms with E-state index in [1.807, 2.05) is 20.8 Å². The lowest BCUT2D eigenvalue weighted by Gasteiger charge is -2.19. The molecule has 0 aliphatic carbocycles.